The van der Waals surface area contributed by atoms with Gasteiger partial charge in [0.05, 0.1) is 11.0 Å². The zero-order chi connectivity index (χ0) is 32.9. The fraction of sp³-hybridized carbons (Fsp3) is 0.200. The van der Waals surface area contributed by atoms with Crippen molar-refractivity contribution in [1.29, 1.82) is 0 Å². The highest BCUT2D eigenvalue weighted by Crippen LogP contribution is 2.41. The average molecular weight is 622 g/mol. The third-order valence-corrected chi connectivity index (χ3v) is 11.1. The van der Waals surface area contributed by atoms with Crippen LogP contribution in [0.5, 0.6) is 0 Å². The second-order valence-corrected chi connectivity index (χ2v) is 14.9. The molecule has 2 aromatic heterocycles. The number of nitrogens with zero attached hydrogens (tertiary/aromatic N) is 1. The van der Waals surface area contributed by atoms with Crippen LogP contribution in [0.2, 0.25) is 0 Å². The molecule has 0 fully saturated rings. The number of para-hydroxylation sites is 2. The smallest absolute Gasteiger partial charge is 0.242 e. The van der Waals surface area contributed by atoms with Gasteiger partial charge in [-0.05, 0) is 64.4 Å². The number of rotatable bonds is 4. The van der Waals surface area contributed by atoms with E-state index in [-0.39, 0.29) is 12.1 Å². The van der Waals surface area contributed by atoms with Crippen molar-refractivity contribution in [2.75, 3.05) is 0 Å². The van der Waals surface area contributed by atoms with Crippen molar-refractivity contribution in [2.24, 2.45) is 0 Å². The van der Waals surface area contributed by atoms with E-state index >= 15 is 0 Å². The molecular weight excluding hydrogens is 581 g/mol. The summed E-state index contributed by atoms with van der Waals surface area (Å²) in [7, 11) is 0. The third-order valence-electron chi connectivity index (χ3n) is 11.1. The number of benzene rings is 6. The first kappa shape index (κ1) is 29.1. The molecule has 3 heteroatoms. The summed E-state index contributed by atoms with van der Waals surface area (Å²) < 4.78 is 9.11. The van der Waals surface area contributed by atoms with E-state index in [1.807, 2.05) is 0 Å². The van der Waals surface area contributed by atoms with E-state index in [2.05, 4.69) is 167 Å². The van der Waals surface area contributed by atoms with Crippen molar-refractivity contribution in [1.82, 2.24) is 4.57 Å². The number of hydrogen-bond acceptors (Lipinski definition) is 1. The highest BCUT2D eigenvalue weighted by Gasteiger charge is 2.40. The van der Waals surface area contributed by atoms with Gasteiger partial charge in [-0.25, -0.2) is 0 Å². The van der Waals surface area contributed by atoms with E-state index in [1.165, 1.54) is 54.9 Å². The van der Waals surface area contributed by atoms with Crippen LogP contribution in [0.3, 0.4) is 0 Å². The molecule has 0 spiro atoms. The van der Waals surface area contributed by atoms with Gasteiger partial charge in [0.1, 0.15) is 5.58 Å². The lowest BCUT2D eigenvalue weighted by Gasteiger charge is -2.39. The molecule has 48 heavy (non-hydrogen) atoms. The second kappa shape index (κ2) is 10.5. The summed E-state index contributed by atoms with van der Waals surface area (Å²) in [5.41, 5.74) is 15.0. The Hall–Kier alpha value is -5.02. The van der Waals surface area contributed by atoms with E-state index in [0.717, 1.165) is 33.1 Å². The Labute approximate surface area is 283 Å². The summed E-state index contributed by atoms with van der Waals surface area (Å²) in [5, 5.41) is 4.76. The summed E-state index contributed by atoms with van der Waals surface area (Å²) in [4.78, 5) is 0. The molecule has 0 aliphatic carbocycles. The molecule has 0 bridgehead atoms. The van der Waals surface area contributed by atoms with E-state index < -0.39 is 0 Å². The molecule has 1 aliphatic rings. The normalized spacial score (nSPS) is 14.1. The number of hydrogen-bond donors (Lipinski definition) is 0. The Bertz CT molecular complexity index is 2530. The van der Waals surface area contributed by atoms with Crippen molar-refractivity contribution < 1.29 is 4.42 Å². The fourth-order valence-electron chi connectivity index (χ4n) is 8.50. The number of fused-ring (bicyclic) bond motifs is 9. The van der Waals surface area contributed by atoms with Crippen LogP contribution < -0.4 is 16.4 Å². The molecule has 8 aromatic rings. The maximum Gasteiger partial charge on any atom is 0.242 e. The highest BCUT2D eigenvalue weighted by molar-refractivity contribution is 6.96. The van der Waals surface area contributed by atoms with Gasteiger partial charge in [0.2, 0.25) is 6.71 Å². The summed E-state index contributed by atoms with van der Waals surface area (Å²) in [5.74, 6) is 0.926. The third kappa shape index (κ3) is 4.13. The first-order valence-electron chi connectivity index (χ1n) is 17.4. The van der Waals surface area contributed by atoms with Crippen LogP contribution in [0.15, 0.2) is 126 Å². The van der Waals surface area contributed by atoms with Crippen molar-refractivity contribution in [3.63, 3.8) is 0 Å². The van der Waals surface area contributed by atoms with Gasteiger partial charge >= 0.3 is 0 Å². The predicted octanol–water partition coefficient (Wildman–Crippen LogP) is 10.1. The molecule has 6 aromatic carbocycles. The van der Waals surface area contributed by atoms with Gasteiger partial charge in [-0.2, -0.15) is 0 Å². The monoisotopic (exact) mass is 621 g/mol. The maximum absolute atomic E-state index is 6.67. The molecule has 0 saturated heterocycles. The summed E-state index contributed by atoms with van der Waals surface area (Å²) >= 11 is 0. The molecule has 9 rings (SSSR count). The van der Waals surface area contributed by atoms with Crippen LogP contribution in [0.1, 0.15) is 75.6 Å². The molecule has 0 saturated carbocycles. The van der Waals surface area contributed by atoms with Crippen LogP contribution in [0, 0.1) is 0 Å². The van der Waals surface area contributed by atoms with Gasteiger partial charge < -0.3 is 8.98 Å². The lowest BCUT2D eigenvalue weighted by molar-refractivity contribution is 0.645. The Morgan fingerprint density at radius 3 is 2.00 bits per heavy atom. The lowest BCUT2D eigenvalue weighted by atomic mass is 9.31. The van der Waals surface area contributed by atoms with E-state index in [0.29, 0.717) is 11.8 Å². The lowest BCUT2D eigenvalue weighted by Crippen LogP contribution is -2.60. The quantitative estimate of drug-likeness (QED) is 0.179. The van der Waals surface area contributed by atoms with Crippen molar-refractivity contribution in [3.8, 4) is 5.69 Å². The average Bonchev–Trinajstić information content (AvgIpc) is 3.64. The van der Waals surface area contributed by atoms with E-state index in [1.54, 1.807) is 0 Å². The molecule has 0 atom stereocenters. The minimum absolute atomic E-state index is 0.162. The fourth-order valence-corrected chi connectivity index (χ4v) is 8.50. The SMILES string of the molecule is CC(C)c1cc(B2c3ccccc3C(C)(C)c3cc(-n4c5ccccc5c5ccc6c7ccccc7oc6c54)ccc32)cc(C(C)C)c1. The van der Waals surface area contributed by atoms with Crippen molar-refractivity contribution in [2.45, 2.75) is 58.8 Å². The summed E-state index contributed by atoms with van der Waals surface area (Å²) in [6, 6.07) is 45.4. The van der Waals surface area contributed by atoms with Crippen molar-refractivity contribution >= 4 is 66.8 Å². The van der Waals surface area contributed by atoms with E-state index in [4.69, 9.17) is 4.42 Å². The molecule has 234 valence electrons. The Kier molecular flexibility index (Phi) is 6.37. The van der Waals surface area contributed by atoms with Crippen LogP contribution in [-0.2, 0) is 5.41 Å². The first-order chi connectivity index (χ1) is 23.2. The van der Waals surface area contributed by atoms with Crippen LogP contribution in [0.4, 0.5) is 0 Å². The standard InChI is InChI=1S/C45H40BNO/c1-27(2)29-23-30(28(3)4)25-31(24-29)46-39-16-10-9-15-37(39)45(5,6)38-26-32(19-22-40(38)46)47-41-17-11-7-13-33(41)35-20-21-36-34-14-8-12-18-42(34)48-44(36)43(35)47/h7-28H,1-6H3. The molecule has 0 unspecified atom stereocenters. The molecule has 0 radical (unpaired) electrons. The van der Waals surface area contributed by atoms with Crippen LogP contribution in [-0.4, -0.2) is 11.3 Å². The predicted molar refractivity (Wildman–Crippen MR) is 206 cm³/mol. The largest absolute Gasteiger partial charge is 0.454 e. The molecule has 3 heterocycles. The molecular formula is C45H40BNO. The maximum atomic E-state index is 6.67. The second-order valence-electron chi connectivity index (χ2n) is 14.9. The highest BCUT2D eigenvalue weighted by atomic mass is 16.3. The Morgan fingerprint density at radius 2 is 1.23 bits per heavy atom. The molecule has 0 N–H and O–H groups in total. The number of furan rings is 1. The summed E-state index contributed by atoms with van der Waals surface area (Å²) in [6.45, 7) is 14.2. The molecule has 2 nitrogen and oxygen atoms in total. The van der Waals surface area contributed by atoms with Gasteiger partial charge in [-0.3, -0.25) is 0 Å². The Balaban J connectivity index is 1.34. The zero-order valence-electron chi connectivity index (χ0n) is 28.6. The molecule has 1 aliphatic heterocycles. The van der Waals surface area contributed by atoms with Gasteiger partial charge in [0.15, 0.2) is 5.58 Å². The number of aromatic nitrogens is 1. The topological polar surface area (TPSA) is 18.1 Å². The minimum Gasteiger partial charge on any atom is -0.454 e. The van der Waals surface area contributed by atoms with Gasteiger partial charge in [-0.1, -0.05) is 149 Å². The molecule has 0 amide bonds. The van der Waals surface area contributed by atoms with Gasteiger partial charge in [0, 0.05) is 32.6 Å². The van der Waals surface area contributed by atoms with Crippen molar-refractivity contribution in [3.05, 3.63) is 144 Å². The van der Waals surface area contributed by atoms with Gasteiger partial charge in [0.25, 0.3) is 0 Å². The van der Waals surface area contributed by atoms with E-state index in [9.17, 15) is 0 Å². The van der Waals surface area contributed by atoms with Crippen LogP contribution >= 0.6 is 0 Å². The van der Waals surface area contributed by atoms with Gasteiger partial charge in [-0.15, -0.1) is 0 Å². The Morgan fingerprint density at radius 1 is 0.583 bits per heavy atom. The van der Waals surface area contributed by atoms with Crippen LogP contribution in [0.25, 0.3) is 49.4 Å². The first-order valence-corrected chi connectivity index (χ1v) is 17.4. The summed E-state index contributed by atoms with van der Waals surface area (Å²) in [6.07, 6.45) is 0. The zero-order valence-corrected chi connectivity index (χ0v) is 28.6. The minimum atomic E-state index is -0.178.